The SMILES string of the molecule is c1ccc2c(-c3ccc4n[nH]nc4c3)nsc2c1. The van der Waals surface area contributed by atoms with Gasteiger partial charge in [0.05, 0.1) is 10.4 Å². The summed E-state index contributed by atoms with van der Waals surface area (Å²) in [7, 11) is 0. The third-order valence-corrected chi connectivity index (χ3v) is 3.79. The minimum Gasteiger partial charge on any atom is -0.197 e. The molecule has 0 atom stereocenters. The van der Waals surface area contributed by atoms with Gasteiger partial charge >= 0.3 is 0 Å². The molecule has 18 heavy (non-hydrogen) atoms. The van der Waals surface area contributed by atoms with E-state index in [4.69, 9.17) is 0 Å². The van der Waals surface area contributed by atoms with Gasteiger partial charge in [-0.15, -0.1) is 0 Å². The summed E-state index contributed by atoms with van der Waals surface area (Å²) < 4.78 is 5.74. The maximum atomic E-state index is 4.54. The van der Waals surface area contributed by atoms with Gasteiger partial charge in [0.2, 0.25) is 0 Å². The van der Waals surface area contributed by atoms with E-state index >= 15 is 0 Å². The monoisotopic (exact) mass is 252 g/mol. The van der Waals surface area contributed by atoms with Gasteiger partial charge in [0.15, 0.2) is 0 Å². The molecular weight excluding hydrogens is 244 g/mol. The molecule has 4 rings (SSSR count). The molecule has 0 spiro atoms. The average molecular weight is 252 g/mol. The predicted molar refractivity (Wildman–Crippen MR) is 72.5 cm³/mol. The van der Waals surface area contributed by atoms with Crippen molar-refractivity contribution < 1.29 is 0 Å². The summed E-state index contributed by atoms with van der Waals surface area (Å²) in [4.78, 5) is 0. The molecule has 2 heterocycles. The zero-order chi connectivity index (χ0) is 11.9. The number of H-pyrrole nitrogens is 1. The largest absolute Gasteiger partial charge is 0.197 e. The number of nitrogens with zero attached hydrogens (tertiary/aromatic N) is 3. The summed E-state index contributed by atoms with van der Waals surface area (Å²) in [5.74, 6) is 0. The minimum atomic E-state index is 0.865. The second-order valence-corrected chi connectivity index (χ2v) is 4.86. The molecule has 0 radical (unpaired) electrons. The molecule has 4 nitrogen and oxygen atoms in total. The van der Waals surface area contributed by atoms with Gasteiger partial charge in [-0.2, -0.15) is 19.8 Å². The van der Waals surface area contributed by atoms with Crippen LogP contribution in [0.4, 0.5) is 0 Å². The Morgan fingerprint density at radius 3 is 2.83 bits per heavy atom. The molecule has 0 aliphatic rings. The smallest absolute Gasteiger partial charge is 0.113 e. The van der Waals surface area contributed by atoms with Crippen LogP contribution in [0.5, 0.6) is 0 Å². The van der Waals surface area contributed by atoms with Crippen molar-refractivity contribution in [3.63, 3.8) is 0 Å². The Hall–Kier alpha value is -2.27. The van der Waals surface area contributed by atoms with Crippen LogP contribution in [0.2, 0.25) is 0 Å². The molecule has 0 saturated carbocycles. The van der Waals surface area contributed by atoms with Crippen LogP contribution in [0.25, 0.3) is 32.4 Å². The predicted octanol–water partition coefficient (Wildman–Crippen LogP) is 3.23. The van der Waals surface area contributed by atoms with Crippen molar-refractivity contribution in [1.29, 1.82) is 0 Å². The van der Waals surface area contributed by atoms with Crippen molar-refractivity contribution in [2.75, 3.05) is 0 Å². The lowest BCUT2D eigenvalue weighted by Crippen LogP contribution is -1.78. The van der Waals surface area contributed by atoms with Crippen LogP contribution in [0.1, 0.15) is 0 Å². The van der Waals surface area contributed by atoms with E-state index in [9.17, 15) is 0 Å². The maximum absolute atomic E-state index is 4.54. The van der Waals surface area contributed by atoms with Gasteiger partial charge < -0.3 is 0 Å². The number of nitrogens with one attached hydrogen (secondary N) is 1. The number of fused-ring (bicyclic) bond motifs is 2. The van der Waals surface area contributed by atoms with Crippen LogP contribution < -0.4 is 0 Å². The summed E-state index contributed by atoms with van der Waals surface area (Å²) in [5.41, 5.74) is 3.83. The number of aromatic nitrogens is 4. The van der Waals surface area contributed by atoms with Gasteiger partial charge in [0.1, 0.15) is 11.0 Å². The van der Waals surface area contributed by atoms with Crippen LogP contribution in [0.3, 0.4) is 0 Å². The van der Waals surface area contributed by atoms with Crippen LogP contribution in [0, 0.1) is 0 Å². The number of hydrogen-bond acceptors (Lipinski definition) is 4. The Morgan fingerprint density at radius 2 is 1.83 bits per heavy atom. The van der Waals surface area contributed by atoms with Crippen molar-refractivity contribution >= 4 is 32.7 Å². The topological polar surface area (TPSA) is 54.5 Å². The molecule has 0 saturated heterocycles. The van der Waals surface area contributed by atoms with Crippen molar-refractivity contribution in [2.24, 2.45) is 0 Å². The van der Waals surface area contributed by atoms with E-state index in [1.165, 1.54) is 21.6 Å². The molecular formula is C13H8N4S. The van der Waals surface area contributed by atoms with E-state index in [0.29, 0.717) is 0 Å². The average Bonchev–Trinajstić information content (AvgIpc) is 3.04. The van der Waals surface area contributed by atoms with Crippen molar-refractivity contribution in [1.82, 2.24) is 19.8 Å². The van der Waals surface area contributed by atoms with Gasteiger partial charge in [-0.1, -0.05) is 24.3 Å². The highest BCUT2D eigenvalue weighted by molar-refractivity contribution is 7.13. The van der Waals surface area contributed by atoms with Crippen molar-refractivity contribution in [2.45, 2.75) is 0 Å². The van der Waals surface area contributed by atoms with Crippen LogP contribution >= 0.6 is 11.5 Å². The zero-order valence-electron chi connectivity index (χ0n) is 9.29. The lowest BCUT2D eigenvalue weighted by atomic mass is 10.1. The molecule has 0 aliphatic carbocycles. The number of hydrogen-bond donors (Lipinski definition) is 1. The Labute approximate surface area is 106 Å². The van der Waals surface area contributed by atoms with E-state index in [2.05, 4.69) is 31.9 Å². The van der Waals surface area contributed by atoms with Crippen molar-refractivity contribution in [3.8, 4) is 11.3 Å². The Bertz CT molecular complexity index is 846. The van der Waals surface area contributed by atoms with E-state index < -0.39 is 0 Å². The second-order valence-electron chi connectivity index (χ2n) is 4.05. The Kier molecular flexibility index (Phi) is 1.95. The zero-order valence-corrected chi connectivity index (χ0v) is 10.1. The first-order valence-electron chi connectivity index (χ1n) is 5.57. The molecule has 1 N–H and O–H groups in total. The first kappa shape index (κ1) is 9.73. The lowest BCUT2D eigenvalue weighted by molar-refractivity contribution is 0.959. The lowest BCUT2D eigenvalue weighted by Gasteiger charge is -1.97. The summed E-state index contributed by atoms with van der Waals surface area (Å²) in [5, 5.41) is 12.0. The fraction of sp³-hybridized carbons (Fsp3) is 0. The third kappa shape index (κ3) is 1.34. The fourth-order valence-electron chi connectivity index (χ4n) is 2.08. The molecule has 86 valence electrons. The number of rotatable bonds is 1. The molecule has 0 amide bonds. The Balaban J connectivity index is 2.00. The van der Waals surface area contributed by atoms with Crippen LogP contribution in [0.15, 0.2) is 42.5 Å². The van der Waals surface area contributed by atoms with Crippen LogP contribution in [-0.2, 0) is 0 Å². The molecule has 0 aliphatic heterocycles. The molecule has 4 aromatic rings. The molecule has 0 bridgehead atoms. The first-order chi connectivity index (χ1) is 8.92. The van der Waals surface area contributed by atoms with Crippen LogP contribution in [-0.4, -0.2) is 19.8 Å². The molecule has 5 heteroatoms. The van der Waals surface area contributed by atoms with E-state index in [1.807, 2.05) is 30.3 Å². The second kappa shape index (κ2) is 3.61. The highest BCUT2D eigenvalue weighted by atomic mass is 32.1. The highest BCUT2D eigenvalue weighted by Crippen LogP contribution is 2.31. The van der Waals surface area contributed by atoms with E-state index in [-0.39, 0.29) is 0 Å². The number of benzene rings is 2. The van der Waals surface area contributed by atoms with E-state index in [1.54, 1.807) is 0 Å². The first-order valence-corrected chi connectivity index (χ1v) is 6.34. The highest BCUT2D eigenvalue weighted by Gasteiger charge is 2.09. The van der Waals surface area contributed by atoms with Gasteiger partial charge in [0.25, 0.3) is 0 Å². The molecule has 0 unspecified atom stereocenters. The maximum Gasteiger partial charge on any atom is 0.113 e. The van der Waals surface area contributed by atoms with Gasteiger partial charge in [-0.25, -0.2) is 0 Å². The van der Waals surface area contributed by atoms with Gasteiger partial charge in [0, 0.05) is 10.9 Å². The van der Waals surface area contributed by atoms with Gasteiger partial charge in [-0.3, -0.25) is 0 Å². The summed E-state index contributed by atoms with van der Waals surface area (Å²) >= 11 is 1.52. The quantitative estimate of drug-likeness (QED) is 0.566. The molecule has 2 aromatic heterocycles. The summed E-state index contributed by atoms with van der Waals surface area (Å²) in [6.45, 7) is 0. The summed E-state index contributed by atoms with van der Waals surface area (Å²) in [6.07, 6.45) is 0. The number of aromatic amines is 1. The van der Waals surface area contributed by atoms with E-state index in [0.717, 1.165) is 22.3 Å². The fourth-order valence-corrected chi connectivity index (χ4v) is 2.88. The standard InChI is InChI=1S/C13H8N4S/c1-2-4-12-9(3-1)13(16-18-12)8-5-6-10-11(7-8)15-17-14-10/h1-7H,(H,14,15,17). The molecule has 0 fully saturated rings. The Morgan fingerprint density at radius 1 is 0.944 bits per heavy atom. The minimum absolute atomic E-state index is 0.865. The summed E-state index contributed by atoms with van der Waals surface area (Å²) in [6, 6.07) is 14.3. The van der Waals surface area contributed by atoms with Gasteiger partial charge in [-0.05, 0) is 29.7 Å². The normalized spacial score (nSPS) is 11.3. The molecule has 2 aromatic carbocycles. The van der Waals surface area contributed by atoms with Crippen molar-refractivity contribution in [3.05, 3.63) is 42.5 Å². The third-order valence-electron chi connectivity index (χ3n) is 2.97.